The molecule has 0 spiro atoms. The lowest BCUT2D eigenvalue weighted by Crippen LogP contribution is -2.17. The summed E-state index contributed by atoms with van der Waals surface area (Å²) in [5, 5.41) is 3.04. The maximum Gasteiger partial charge on any atom is 0.291 e. The van der Waals surface area contributed by atoms with Crippen LogP contribution in [0.4, 0.5) is 11.4 Å². The second-order valence-electron chi connectivity index (χ2n) is 7.92. The largest absolute Gasteiger partial charge is 0.486 e. The molecule has 0 unspecified atom stereocenters. The Bertz CT molecular complexity index is 1610. The number of sulfonamides is 1. The van der Waals surface area contributed by atoms with Gasteiger partial charge in [-0.15, -0.1) is 0 Å². The van der Waals surface area contributed by atoms with Crippen LogP contribution in [0.2, 0.25) is 0 Å². The van der Waals surface area contributed by atoms with Gasteiger partial charge in [0.1, 0.15) is 18.8 Å². The fourth-order valence-corrected chi connectivity index (χ4v) is 4.67. The number of amides is 1. The number of carbonyl (C=O) groups is 1. The third-order valence-corrected chi connectivity index (χ3v) is 6.70. The van der Waals surface area contributed by atoms with Gasteiger partial charge in [0.2, 0.25) is 0 Å². The lowest BCUT2D eigenvalue weighted by molar-refractivity contribution is 0.0997. The Kier molecular flexibility index (Phi) is 5.65. The van der Waals surface area contributed by atoms with Gasteiger partial charge in [0.05, 0.1) is 10.3 Å². The molecular formula is C25H20N2O7S. The number of aryl methyl sites for hydroxylation is 1. The van der Waals surface area contributed by atoms with Gasteiger partial charge in [-0.25, -0.2) is 8.42 Å². The van der Waals surface area contributed by atoms with Gasteiger partial charge >= 0.3 is 0 Å². The van der Waals surface area contributed by atoms with E-state index in [4.69, 9.17) is 13.9 Å². The zero-order valence-electron chi connectivity index (χ0n) is 18.5. The van der Waals surface area contributed by atoms with Crippen LogP contribution in [0.3, 0.4) is 0 Å². The maximum absolute atomic E-state index is 12.8. The smallest absolute Gasteiger partial charge is 0.291 e. The predicted octanol–water partition coefficient (Wildman–Crippen LogP) is 3.93. The van der Waals surface area contributed by atoms with Crippen molar-refractivity contribution in [1.82, 2.24) is 0 Å². The number of rotatable bonds is 5. The maximum atomic E-state index is 12.8. The molecular weight excluding hydrogens is 472 g/mol. The Morgan fingerprint density at radius 1 is 0.857 bits per heavy atom. The fourth-order valence-electron chi connectivity index (χ4n) is 3.60. The monoisotopic (exact) mass is 492 g/mol. The normalized spacial score (nSPS) is 12.8. The van der Waals surface area contributed by atoms with E-state index in [1.54, 1.807) is 24.3 Å². The van der Waals surface area contributed by atoms with E-state index in [1.165, 1.54) is 36.4 Å². The average Bonchev–Trinajstić information content (AvgIpc) is 2.85. The number of hydrogen-bond acceptors (Lipinski definition) is 7. The molecule has 0 saturated carbocycles. The van der Waals surface area contributed by atoms with E-state index in [1.807, 2.05) is 6.92 Å². The number of benzene rings is 3. The second kappa shape index (κ2) is 8.80. The molecule has 5 rings (SSSR count). The number of carbonyl (C=O) groups excluding carboxylic acids is 1. The van der Waals surface area contributed by atoms with Crippen molar-refractivity contribution in [2.24, 2.45) is 0 Å². The number of fused-ring (bicyclic) bond motifs is 2. The Hall–Kier alpha value is -4.31. The third-order valence-electron chi connectivity index (χ3n) is 5.33. The molecule has 3 aromatic carbocycles. The first-order valence-electron chi connectivity index (χ1n) is 10.7. The molecule has 0 bridgehead atoms. The van der Waals surface area contributed by atoms with Crippen molar-refractivity contribution in [1.29, 1.82) is 0 Å². The van der Waals surface area contributed by atoms with Crippen LogP contribution in [0.5, 0.6) is 11.5 Å². The van der Waals surface area contributed by atoms with Crippen LogP contribution in [0, 0.1) is 6.92 Å². The van der Waals surface area contributed by atoms with Crippen molar-refractivity contribution in [3.05, 3.63) is 88.3 Å². The number of anilines is 2. The molecule has 1 aromatic heterocycles. The van der Waals surface area contributed by atoms with Gasteiger partial charge in [-0.3, -0.25) is 14.3 Å². The summed E-state index contributed by atoms with van der Waals surface area (Å²) in [6.07, 6.45) is 0. The van der Waals surface area contributed by atoms with Crippen molar-refractivity contribution in [2.45, 2.75) is 11.8 Å². The van der Waals surface area contributed by atoms with E-state index in [9.17, 15) is 18.0 Å². The Balaban J connectivity index is 1.30. The summed E-state index contributed by atoms with van der Waals surface area (Å²) in [5.74, 6) is 0.129. The van der Waals surface area contributed by atoms with Gasteiger partial charge in [-0.05, 0) is 55.5 Å². The minimum atomic E-state index is -3.88. The van der Waals surface area contributed by atoms with Crippen LogP contribution in [-0.2, 0) is 10.0 Å². The highest BCUT2D eigenvalue weighted by Crippen LogP contribution is 2.32. The van der Waals surface area contributed by atoms with E-state index >= 15 is 0 Å². The average molecular weight is 493 g/mol. The highest BCUT2D eigenvalue weighted by molar-refractivity contribution is 7.92. The summed E-state index contributed by atoms with van der Waals surface area (Å²) in [4.78, 5) is 25.0. The van der Waals surface area contributed by atoms with Crippen molar-refractivity contribution < 1.29 is 27.1 Å². The van der Waals surface area contributed by atoms with E-state index in [2.05, 4.69) is 10.0 Å². The quantitative estimate of drug-likeness (QED) is 0.433. The summed E-state index contributed by atoms with van der Waals surface area (Å²) in [6.45, 7) is 2.62. The van der Waals surface area contributed by atoms with Crippen molar-refractivity contribution in [3.63, 3.8) is 0 Å². The summed E-state index contributed by atoms with van der Waals surface area (Å²) in [6, 6.07) is 16.7. The van der Waals surface area contributed by atoms with Gasteiger partial charge in [-0.1, -0.05) is 11.6 Å². The number of nitrogens with one attached hydrogen (secondary N) is 2. The lowest BCUT2D eigenvalue weighted by Gasteiger charge is -2.19. The Labute approximate surface area is 200 Å². The Morgan fingerprint density at radius 2 is 1.57 bits per heavy atom. The Morgan fingerprint density at radius 3 is 2.34 bits per heavy atom. The predicted molar refractivity (Wildman–Crippen MR) is 130 cm³/mol. The molecule has 1 aliphatic rings. The van der Waals surface area contributed by atoms with Crippen LogP contribution in [0.1, 0.15) is 16.1 Å². The van der Waals surface area contributed by atoms with E-state index in [0.29, 0.717) is 47.1 Å². The molecule has 0 aliphatic carbocycles. The van der Waals surface area contributed by atoms with Crippen LogP contribution >= 0.6 is 0 Å². The van der Waals surface area contributed by atoms with Gasteiger partial charge in [0.25, 0.3) is 15.9 Å². The molecule has 0 radical (unpaired) electrons. The molecule has 0 saturated heterocycles. The van der Waals surface area contributed by atoms with Crippen LogP contribution in [0.25, 0.3) is 11.0 Å². The van der Waals surface area contributed by atoms with Crippen LogP contribution < -0.4 is 24.9 Å². The zero-order chi connectivity index (χ0) is 24.6. The minimum absolute atomic E-state index is 0.0284. The molecule has 4 aromatic rings. The highest BCUT2D eigenvalue weighted by atomic mass is 32.2. The summed E-state index contributed by atoms with van der Waals surface area (Å²) >= 11 is 0. The molecule has 1 amide bonds. The van der Waals surface area contributed by atoms with E-state index in [0.717, 1.165) is 11.6 Å². The lowest BCUT2D eigenvalue weighted by atomic mass is 10.1. The molecule has 9 nitrogen and oxygen atoms in total. The standard InChI is InChI=1S/C25H20N2O7S/c1-15-2-8-21-19(12-15)20(28)14-24(34-21)25(29)26-16-3-5-17(6-4-16)27-35(30,31)18-7-9-22-23(13-18)33-11-10-32-22/h2-9,12-14,27H,10-11H2,1H3,(H,26,29). The minimum Gasteiger partial charge on any atom is -0.486 e. The van der Waals surface area contributed by atoms with Gasteiger partial charge in [0, 0.05) is 23.5 Å². The van der Waals surface area contributed by atoms with E-state index < -0.39 is 15.9 Å². The van der Waals surface area contributed by atoms with Crippen LogP contribution in [0.15, 0.2) is 80.8 Å². The fraction of sp³-hybridized carbons (Fsp3) is 0.120. The summed E-state index contributed by atoms with van der Waals surface area (Å²) < 4.78 is 44.5. The van der Waals surface area contributed by atoms with E-state index in [-0.39, 0.29) is 16.1 Å². The zero-order valence-corrected chi connectivity index (χ0v) is 19.3. The first kappa shape index (κ1) is 22.5. The molecule has 10 heteroatoms. The van der Waals surface area contributed by atoms with Crippen molar-refractivity contribution in [3.8, 4) is 11.5 Å². The molecule has 0 fully saturated rings. The van der Waals surface area contributed by atoms with Gasteiger partial charge in [-0.2, -0.15) is 0 Å². The number of ether oxygens (including phenoxy) is 2. The van der Waals surface area contributed by atoms with Crippen molar-refractivity contribution >= 4 is 38.3 Å². The SMILES string of the molecule is Cc1ccc2oc(C(=O)Nc3ccc(NS(=O)(=O)c4ccc5c(c4)OCCO5)cc3)cc(=O)c2c1. The summed E-state index contributed by atoms with van der Waals surface area (Å²) in [5.41, 5.74) is 1.60. The second-order valence-corrected chi connectivity index (χ2v) is 9.60. The highest BCUT2D eigenvalue weighted by Gasteiger charge is 2.20. The first-order valence-corrected chi connectivity index (χ1v) is 12.2. The molecule has 1 aliphatic heterocycles. The first-order chi connectivity index (χ1) is 16.8. The van der Waals surface area contributed by atoms with Gasteiger partial charge in [0.15, 0.2) is 22.7 Å². The molecule has 0 atom stereocenters. The molecule has 2 N–H and O–H groups in total. The summed E-state index contributed by atoms with van der Waals surface area (Å²) in [7, 11) is -3.88. The van der Waals surface area contributed by atoms with Crippen molar-refractivity contribution in [2.75, 3.05) is 23.3 Å². The third kappa shape index (κ3) is 4.69. The van der Waals surface area contributed by atoms with Crippen LogP contribution in [-0.4, -0.2) is 27.5 Å². The topological polar surface area (TPSA) is 124 Å². The number of hydrogen-bond donors (Lipinski definition) is 2. The molecule has 2 heterocycles. The van der Waals surface area contributed by atoms with Gasteiger partial charge < -0.3 is 19.2 Å². The molecule has 178 valence electrons. The molecule has 35 heavy (non-hydrogen) atoms.